The second kappa shape index (κ2) is 10.8. The quantitative estimate of drug-likeness (QED) is 0.492. The van der Waals surface area contributed by atoms with Crippen LogP contribution < -0.4 is 20.1 Å². The number of anilines is 2. The maximum absolute atomic E-state index is 13.4. The van der Waals surface area contributed by atoms with Gasteiger partial charge in [0, 0.05) is 30.1 Å². The van der Waals surface area contributed by atoms with E-state index in [0.29, 0.717) is 12.5 Å². The van der Waals surface area contributed by atoms with E-state index in [4.69, 9.17) is 20.3 Å². The molecule has 1 aromatic carbocycles. The summed E-state index contributed by atoms with van der Waals surface area (Å²) in [4.78, 5) is 38.6. The van der Waals surface area contributed by atoms with E-state index in [1.807, 2.05) is 30.3 Å². The topological polar surface area (TPSA) is 141 Å². The molecule has 1 saturated carbocycles. The molecular weight excluding hydrogens is 474 g/mol. The van der Waals surface area contributed by atoms with Crippen LogP contribution in [0.1, 0.15) is 59.5 Å². The van der Waals surface area contributed by atoms with Gasteiger partial charge in [0.1, 0.15) is 24.6 Å². The molecule has 10 nitrogen and oxygen atoms in total. The van der Waals surface area contributed by atoms with Gasteiger partial charge in [-0.3, -0.25) is 14.6 Å². The molecule has 5 rings (SSSR count). The molecule has 2 aromatic heterocycles. The van der Waals surface area contributed by atoms with Gasteiger partial charge in [-0.1, -0.05) is 18.2 Å². The lowest BCUT2D eigenvalue weighted by Gasteiger charge is -2.28. The molecule has 3 heterocycles. The summed E-state index contributed by atoms with van der Waals surface area (Å²) in [6.45, 7) is 0.784. The van der Waals surface area contributed by atoms with Crippen LogP contribution in [-0.4, -0.2) is 45.1 Å². The summed E-state index contributed by atoms with van der Waals surface area (Å²) in [6, 6.07) is 11.7. The van der Waals surface area contributed by atoms with Crippen LogP contribution in [0.5, 0.6) is 11.9 Å². The molecule has 0 radical (unpaired) electrons. The van der Waals surface area contributed by atoms with Gasteiger partial charge < -0.3 is 25.2 Å². The van der Waals surface area contributed by atoms with E-state index in [9.17, 15) is 9.59 Å². The van der Waals surface area contributed by atoms with Gasteiger partial charge in [0.05, 0.1) is 6.54 Å². The van der Waals surface area contributed by atoms with Gasteiger partial charge in [0.2, 0.25) is 5.88 Å². The summed E-state index contributed by atoms with van der Waals surface area (Å²) in [5.74, 6) is -0.284. The first-order valence-corrected chi connectivity index (χ1v) is 12.4. The molecule has 0 unspecified atom stereocenters. The van der Waals surface area contributed by atoms with Gasteiger partial charge in [-0.05, 0) is 61.3 Å². The Labute approximate surface area is 214 Å². The Hall–Kier alpha value is -4.21. The molecule has 1 amide bonds. The maximum atomic E-state index is 13.4. The highest BCUT2D eigenvalue weighted by Gasteiger charge is 2.30. The molecule has 2 aliphatic rings. The zero-order valence-electron chi connectivity index (χ0n) is 20.4. The van der Waals surface area contributed by atoms with Crippen molar-refractivity contribution in [2.24, 2.45) is 5.92 Å². The molecular formula is C27H29N5O5. The molecule has 0 saturated heterocycles. The van der Waals surface area contributed by atoms with Crippen LogP contribution in [0.15, 0.2) is 48.8 Å². The number of nitrogens with two attached hydrogens (primary N) is 1. The number of nitrogen functional groups attached to an aromatic ring is 1. The smallest absolute Gasteiger partial charge is 0.322 e. The van der Waals surface area contributed by atoms with Gasteiger partial charge in [0.15, 0.2) is 0 Å². The largest absolute Gasteiger partial charge is 0.481 e. The first kappa shape index (κ1) is 24.5. The van der Waals surface area contributed by atoms with Gasteiger partial charge in [-0.15, -0.1) is 0 Å². The van der Waals surface area contributed by atoms with Gasteiger partial charge in [0.25, 0.3) is 5.91 Å². The number of carbonyl (C=O) groups is 2. The summed E-state index contributed by atoms with van der Waals surface area (Å²) in [6.07, 6.45) is 7.39. The predicted molar refractivity (Wildman–Crippen MR) is 136 cm³/mol. The Kier molecular flexibility index (Phi) is 7.16. The fourth-order valence-corrected chi connectivity index (χ4v) is 5.03. The standard InChI is InChI=1S/C27H29N5O5/c28-24-23-25(31-27(30-24)37-16-18-2-1-11-29-15-18)36-13-12-32(26(23)35)21-9-7-20(8-10-21)19-5-3-17(4-6-19)14-22(33)34/h1-2,7-11,15,17,19H,3-6,12-14,16H2,(H,33,34)(H2,28,30,31). The number of hydrogen-bond donors (Lipinski definition) is 2. The maximum Gasteiger partial charge on any atom is 0.322 e. The predicted octanol–water partition coefficient (Wildman–Crippen LogP) is 3.82. The Morgan fingerprint density at radius 2 is 1.92 bits per heavy atom. The molecule has 192 valence electrons. The van der Waals surface area contributed by atoms with Crippen molar-refractivity contribution in [2.75, 3.05) is 23.8 Å². The zero-order valence-corrected chi connectivity index (χ0v) is 20.4. The number of pyridine rings is 1. The molecule has 10 heteroatoms. The Morgan fingerprint density at radius 3 is 2.62 bits per heavy atom. The summed E-state index contributed by atoms with van der Waals surface area (Å²) >= 11 is 0. The second-order valence-electron chi connectivity index (χ2n) is 9.43. The highest BCUT2D eigenvalue weighted by Crippen LogP contribution is 2.38. The number of aliphatic carboxylic acids is 1. The minimum atomic E-state index is -0.722. The van der Waals surface area contributed by atoms with Crippen LogP contribution in [0, 0.1) is 5.92 Å². The van der Waals surface area contributed by atoms with Crippen molar-refractivity contribution in [3.05, 3.63) is 65.5 Å². The Morgan fingerprint density at radius 1 is 1.14 bits per heavy atom. The number of carboxylic acid groups (broad SMARTS) is 1. The van der Waals surface area contributed by atoms with E-state index >= 15 is 0 Å². The van der Waals surface area contributed by atoms with E-state index in [2.05, 4.69) is 15.0 Å². The number of rotatable bonds is 7. The van der Waals surface area contributed by atoms with Crippen LogP contribution in [0.3, 0.4) is 0 Å². The molecule has 1 aliphatic carbocycles. The minimum Gasteiger partial charge on any atom is -0.481 e. The lowest BCUT2D eigenvalue weighted by molar-refractivity contribution is -0.138. The number of hydrogen-bond acceptors (Lipinski definition) is 8. The molecule has 0 atom stereocenters. The van der Waals surface area contributed by atoms with E-state index in [0.717, 1.165) is 36.9 Å². The minimum absolute atomic E-state index is 0.00201. The third-order valence-electron chi connectivity index (χ3n) is 6.97. The number of carboxylic acids is 1. The molecule has 37 heavy (non-hydrogen) atoms. The fraction of sp³-hybridized carbons (Fsp3) is 0.370. The average molecular weight is 504 g/mol. The Balaban J connectivity index is 1.28. The van der Waals surface area contributed by atoms with Crippen LogP contribution in [-0.2, 0) is 11.4 Å². The third kappa shape index (κ3) is 5.63. The molecule has 1 aliphatic heterocycles. The summed E-state index contributed by atoms with van der Waals surface area (Å²) in [7, 11) is 0. The molecule has 3 N–H and O–H groups in total. The van der Waals surface area contributed by atoms with Crippen LogP contribution in [0.25, 0.3) is 0 Å². The van der Waals surface area contributed by atoms with Crippen molar-refractivity contribution in [1.82, 2.24) is 15.0 Å². The number of carbonyl (C=O) groups excluding carboxylic acids is 1. The van der Waals surface area contributed by atoms with Gasteiger partial charge in [-0.25, -0.2) is 0 Å². The number of benzene rings is 1. The van der Waals surface area contributed by atoms with E-state index in [-0.39, 0.29) is 54.7 Å². The van der Waals surface area contributed by atoms with Gasteiger partial charge >= 0.3 is 12.0 Å². The number of nitrogens with zero attached hydrogens (tertiary/aromatic N) is 4. The summed E-state index contributed by atoms with van der Waals surface area (Å²) < 4.78 is 11.4. The molecule has 0 spiro atoms. The van der Waals surface area contributed by atoms with Crippen molar-refractivity contribution < 1.29 is 24.2 Å². The number of aromatic nitrogens is 3. The highest BCUT2D eigenvalue weighted by molar-refractivity contribution is 6.10. The average Bonchev–Trinajstić information content (AvgIpc) is 3.07. The van der Waals surface area contributed by atoms with Crippen LogP contribution >= 0.6 is 0 Å². The first-order valence-electron chi connectivity index (χ1n) is 12.4. The normalized spacial score (nSPS) is 19.5. The Bertz CT molecular complexity index is 1260. The SMILES string of the molecule is Nc1nc(OCc2cccnc2)nc2c1C(=O)N(c1ccc(C3CCC(CC(=O)O)CC3)cc1)CCO2. The molecule has 0 bridgehead atoms. The summed E-state index contributed by atoms with van der Waals surface area (Å²) in [5.41, 5.74) is 9.07. The lowest BCUT2D eigenvalue weighted by atomic mass is 9.77. The second-order valence-corrected chi connectivity index (χ2v) is 9.43. The highest BCUT2D eigenvalue weighted by atomic mass is 16.5. The zero-order chi connectivity index (χ0) is 25.8. The molecule has 3 aromatic rings. The monoisotopic (exact) mass is 503 g/mol. The van der Waals surface area contributed by atoms with Crippen molar-refractivity contribution in [3.8, 4) is 11.9 Å². The number of amides is 1. The van der Waals surface area contributed by atoms with E-state index < -0.39 is 5.97 Å². The number of ether oxygens (including phenoxy) is 2. The first-order chi connectivity index (χ1) is 18.0. The van der Waals surface area contributed by atoms with E-state index in [1.165, 1.54) is 5.56 Å². The fourth-order valence-electron chi connectivity index (χ4n) is 5.03. The number of fused-ring (bicyclic) bond motifs is 1. The van der Waals surface area contributed by atoms with Crippen LogP contribution in [0.2, 0.25) is 0 Å². The van der Waals surface area contributed by atoms with Crippen molar-refractivity contribution in [2.45, 2.75) is 44.6 Å². The van der Waals surface area contributed by atoms with Crippen molar-refractivity contribution >= 4 is 23.4 Å². The third-order valence-corrected chi connectivity index (χ3v) is 6.97. The lowest BCUT2D eigenvalue weighted by Crippen LogP contribution is -2.32. The summed E-state index contributed by atoms with van der Waals surface area (Å²) in [5, 5.41) is 9.04. The molecule has 1 fully saturated rings. The van der Waals surface area contributed by atoms with Gasteiger partial charge in [-0.2, -0.15) is 9.97 Å². The van der Waals surface area contributed by atoms with Crippen molar-refractivity contribution in [3.63, 3.8) is 0 Å². The van der Waals surface area contributed by atoms with Crippen molar-refractivity contribution in [1.29, 1.82) is 0 Å². The van der Waals surface area contributed by atoms with E-state index in [1.54, 1.807) is 23.4 Å². The van der Waals surface area contributed by atoms with Crippen LogP contribution in [0.4, 0.5) is 11.5 Å².